The maximum absolute atomic E-state index is 13.9. The number of rotatable bonds is 5. The van der Waals surface area contributed by atoms with Gasteiger partial charge < -0.3 is 15.9 Å². The number of halogens is 2. The Morgan fingerprint density at radius 2 is 1.84 bits per heavy atom. The van der Waals surface area contributed by atoms with Crippen LogP contribution in [-0.4, -0.2) is 28.3 Å². The molecule has 1 saturated carbocycles. The van der Waals surface area contributed by atoms with Crippen LogP contribution in [-0.2, 0) is 11.2 Å². The standard InChI is InChI=1S/C19H19ClFNO3/c20-14-5-6-16(21)15(7-14)13-3-1-12(2-4-13)8-19(22)9-18(10-19,11-23)17(24)25/h1-7,23H,8-11,22H2,(H,24,25)/t18-,19-. The van der Waals surface area contributed by atoms with Gasteiger partial charge in [-0.05, 0) is 48.6 Å². The van der Waals surface area contributed by atoms with Gasteiger partial charge in [0.05, 0.1) is 12.0 Å². The quantitative estimate of drug-likeness (QED) is 0.761. The van der Waals surface area contributed by atoms with Crippen LogP contribution in [0, 0.1) is 11.2 Å². The Labute approximate surface area is 150 Å². The third-order valence-electron chi connectivity index (χ3n) is 4.89. The van der Waals surface area contributed by atoms with E-state index in [9.17, 15) is 19.4 Å². The van der Waals surface area contributed by atoms with Crippen LogP contribution in [0.15, 0.2) is 42.5 Å². The van der Waals surface area contributed by atoms with Crippen LogP contribution in [0.5, 0.6) is 0 Å². The number of carboxylic acids is 1. The number of aliphatic hydroxyl groups is 1. The molecule has 0 spiro atoms. The van der Waals surface area contributed by atoms with Crippen LogP contribution in [0.25, 0.3) is 11.1 Å². The van der Waals surface area contributed by atoms with E-state index in [1.807, 2.05) is 12.1 Å². The van der Waals surface area contributed by atoms with E-state index >= 15 is 0 Å². The lowest BCUT2D eigenvalue weighted by molar-refractivity contribution is -0.164. The van der Waals surface area contributed by atoms with Gasteiger partial charge in [-0.15, -0.1) is 0 Å². The molecule has 0 radical (unpaired) electrons. The van der Waals surface area contributed by atoms with Crippen molar-refractivity contribution in [2.45, 2.75) is 24.8 Å². The van der Waals surface area contributed by atoms with Crippen molar-refractivity contribution < 1.29 is 19.4 Å². The first-order valence-corrected chi connectivity index (χ1v) is 8.32. The summed E-state index contributed by atoms with van der Waals surface area (Å²) in [7, 11) is 0. The number of nitrogens with two attached hydrogens (primary N) is 1. The van der Waals surface area contributed by atoms with E-state index in [1.165, 1.54) is 12.1 Å². The summed E-state index contributed by atoms with van der Waals surface area (Å²) in [4.78, 5) is 11.3. The molecule has 0 saturated heterocycles. The van der Waals surface area contributed by atoms with Crippen molar-refractivity contribution in [3.05, 3.63) is 58.9 Å². The number of benzene rings is 2. The first-order chi connectivity index (χ1) is 11.8. The van der Waals surface area contributed by atoms with E-state index in [-0.39, 0.29) is 18.7 Å². The van der Waals surface area contributed by atoms with E-state index in [4.69, 9.17) is 17.3 Å². The number of hydrogen-bond acceptors (Lipinski definition) is 3. The predicted octanol–water partition coefficient (Wildman–Crippen LogP) is 3.24. The Morgan fingerprint density at radius 3 is 2.40 bits per heavy atom. The summed E-state index contributed by atoms with van der Waals surface area (Å²) in [5.74, 6) is -1.36. The molecule has 2 aromatic carbocycles. The molecule has 0 aliphatic heterocycles. The summed E-state index contributed by atoms with van der Waals surface area (Å²) in [5, 5.41) is 19.0. The molecule has 0 atom stereocenters. The van der Waals surface area contributed by atoms with E-state index in [0.29, 0.717) is 22.6 Å². The van der Waals surface area contributed by atoms with Crippen molar-refractivity contribution in [2.75, 3.05) is 6.61 Å². The summed E-state index contributed by atoms with van der Waals surface area (Å²) in [5.41, 5.74) is 6.56. The summed E-state index contributed by atoms with van der Waals surface area (Å²) in [6.07, 6.45) is 0.966. The minimum Gasteiger partial charge on any atom is -0.481 e. The molecular weight excluding hydrogens is 345 g/mol. The average molecular weight is 364 g/mol. The highest BCUT2D eigenvalue weighted by atomic mass is 35.5. The summed E-state index contributed by atoms with van der Waals surface area (Å²) in [6.45, 7) is -0.408. The summed E-state index contributed by atoms with van der Waals surface area (Å²) >= 11 is 5.93. The smallest absolute Gasteiger partial charge is 0.312 e. The second-order valence-electron chi connectivity index (χ2n) is 6.96. The van der Waals surface area contributed by atoms with Gasteiger partial charge in [-0.25, -0.2) is 4.39 Å². The third-order valence-corrected chi connectivity index (χ3v) is 5.12. The van der Waals surface area contributed by atoms with Gasteiger partial charge in [-0.1, -0.05) is 35.9 Å². The fraction of sp³-hybridized carbons (Fsp3) is 0.316. The molecule has 0 aromatic heterocycles. The van der Waals surface area contributed by atoms with Crippen LogP contribution in [0.1, 0.15) is 18.4 Å². The van der Waals surface area contributed by atoms with Crippen molar-refractivity contribution in [1.82, 2.24) is 0 Å². The lowest BCUT2D eigenvalue weighted by Gasteiger charge is -2.51. The second kappa shape index (κ2) is 6.41. The van der Waals surface area contributed by atoms with Gasteiger partial charge >= 0.3 is 5.97 Å². The zero-order valence-corrected chi connectivity index (χ0v) is 14.3. The molecular formula is C19H19ClFNO3. The van der Waals surface area contributed by atoms with E-state index < -0.39 is 23.5 Å². The molecule has 1 aliphatic carbocycles. The highest BCUT2D eigenvalue weighted by Gasteiger charge is 2.56. The average Bonchev–Trinajstić information content (AvgIpc) is 2.55. The van der Waals surface area contributed by atoms with Crippen molar-refractivity contribution in [1.29, 1.82) is 0 Å². The largest absolute Gasteiger partial charge is 0.481 e. The van der Waals surface area contributed by atoms with Gasteiger partial charge in [-0.3, -0.25) is 4.79 Å². The molecule has 2 aromatic rings. The third kappa shape index (κ3) is 3.40. The fourth-order valence-electron chi connectivity index (χ4n) is 3.68. The van der Waals surface area contributed by atoms with Crippen molar-refractivity contribution in [3.8, 4) is 11.1 Å². The zero-order valence-electron chi connectivity index (χ0n) is 13.5. The number of hydrogen-bond donors (Lipinski definition) is 3. The molecule has 132 valence electrons. The molecule has 0 amide bonds. The van der Waals surface area contributed by atoms with Gasteiger partial charge in [0.1, 0.15) is 5.82 Å². The van der Waals surface area contributed by atoms with Crippen molar-refractivity contribution >= 4 is 17.6 Å². The van der Waals surface area contributed by atoms with Gasteiger partial charge in [-0.2, -0.15) is 0 Å². The SMILES string of the molecule is N[C@]1(Cc2ccc(-c3cc(Cl)ccc3F)cc2)C[C@@](CO)(C(=O)O)C1. The first-order valence-electron chi connectivity index (χ1n) is 7.94. The lowest BCUT2D eigenvalue weighted by Crippen LogP contribution is -2.63. The van der Waals surface area contributed by atoms with Gasteiger partial charge in [0.2, 0.25) is 0 Å². The Morgan fingerprint density at radius 1 is 1.20 bits per heavy atom. The minimum atomic E-state index is -1.13. The highest BCUT2D eigenvalue weighted by molar-refractivity contribution is 6.30. The molecule has 0 unspecified atom stereocenters. The number of carboxylic acid groups (broad SMARTS) is 1. The van der Waals surface area contributed by atoms with Gasteiger partial charge in [0.15, 0.2) is 0 Å². The lowest BCUT2D eigenvalue weighted by atomic mass is 9.56. The molecule has 4 nitrogen and oxygen atoms in total. The number of aliphatic carboxylic acids is 1. The van der Waals surface area contributed by atoms with E-state index in [2.05, 4.69) is 0 Å². The monoisotopic (exact) mass is 363 g/mol. The molecule has 6 heteroatoms. The predicted molar refractivity (Wildman–Crippen MR) is 93.9 cm³/mol. The zero-order chi connectivity index (χ0) is 18.2. The molecule has 25 heavy (non-hydrogen) atoms. The first kappa shape index (κ1) is 17.9. The van der Waals surface area contributed by atoms with Gasteiger partial charge in [0, 0.05) is 16.1 Å². The van der Waals surface area contributed by atoms with Crippen molar-refractivity contribution in [2.24, 2.45) is 11.1 Å². The van der Waals surface area contributed by atoms with Crippen molar-refractivity contribution in [3.63, 3.8) is 0 Å². The molecule has 0 bridgehead atoms. The maximum atomic E-state index is 13.9. The fourth-order valence-corrected chi connectivity index (χ4v) is 3.85. The molecule has 1 aliphatic rings. The van der Waals surface area contributed by atoms with Crippen LogP contribution in [0.2, 0.25) is 5.02 Å². The molecule has 4 N–H and O–H groups in total. The number of aliphatic hydroxyl groups excluding tert-OH is 1. The summed E-state index contributed by atoms with van der Waals surface area (Å²) in [6, 6.07) is 11.7. The molecule has 0 heterocycles. The Balaban J connectivity index is 1.74. The number of carbonyl (C=O) groups is 1. The summed E-state index contributed by atoms with van der Waals surface area (Å²) < 4.78 is 13.9. The maximum Gasteiger partial charge on any atom is 0.312 e. The highest BCUT2D eigenvalue weighted by Crippen LogP contribution is 2.48. The van der Waals surface area contributed by atoms with Crippen LogP contribution in [0.4, 0.5) is 4.39 Å². The van der Waals surface area contributed by atoms with Gasteiger partial charge in [0.25, 0.3) is 0 Å². The van der Waals surface area contributed by atoms with E-state index in [0.717, 1.165) is 5.56 Å². The van der Waals surface area contributed by atoms with Crippen LogP contribution in [0.3, 0.4) is 0 Å². The molecule has 1 fully saturated rings. The molecule has 3 rings (SSSR count). The topological polar surface area (TPSA) is 83.5 Å². The van der Waals surface area contributed by atoms with Crippen LogP contribution < -0.4 is 5.73 Å². The van der Waals surface area contributed by atoms with E-state index in [1.54, 1.807) is 18.2 Å². The normalized spacial score (nSPS) is 25.4. The Bertz CT molecular complexity index is 801. The Hall–Kier alpha value is -1.95. The minimum absolute atomic E-state index is 0.233. The second-order valence-corrected chi connectivity index (χ2v) is 7.39. The van der Waals surface area contributed by atoms with Crippen LogP contribution >= 0.6 is 11.6 Å². The Kier molecular flexibility index (Phi) is 4.58.